The number of benzene rings is 4. The molecule has 4 fully saturated rings. The number of aliphatic hydroxyl groups excluding tert-OH is 3. The fourth-order valence-corrected chi connectivity index (χ4v) is 13.8. The molecule has 0 radical (unpaired) electrons. The van der Waals surface area contributed by atoms with E-state index in [0.717, 1.165) is 28.7 Å². The summed E-state index contributed by atoms with van der Waals surface area (Å²) in [6.07, 6.45) is -15.6. The first-order chi connectivity index (χ1) is 46.5. The quantitative estimate of drug-likeness (QED) is 0.0178. The van der Waals surface area contributed by atoms with E-state index in [1.165, 1.54) is 32.4 Å². The van der Waals surface area contributed by atoms with Crippen LogP contribution in [0.15, 0.2) is 66.7 Å². The number of aliphatic carboxylic acids is 1. The summed E-state index contributed by atoms with van der Waals surface area (Å²) >= 11 is 0. The summed E-state index contributed by atoms with van der Waals surface area (Å²) in [4.78, 5) is 114. The van der Waals surface area contributed by atoms with Crippen LogP contribution in [0.4, 0.5) is 5.69 Å². The molecule has 11 N–H and O–H groups in total. The third-order valence-electron chi connectivity index (χ3n) is 18.8. The van der Waals surface area contributed by atoms with Gasteiger partial charge in [0.25, 0.3) is 5.91 Å². The molecule has 2 aliphatic carbocycles. The van der Waals surface area contributed by atoms with E-state index >= 15 is 0 Å². The Morgan fingerprint density at radius 3 is 2.28 bits per heavy atom. The van der Waals surface area contributed by atoms with Gasteiger partial charge in [0.1, 0.15) is 65.6 Å². The summed E-state index contributed by atoms with van der Waals surface area (Å²) in [5.74, 6) is -2.80. The number of methoxy groups -OCH3 is 2. The van der Waals surface area contributed by atoms with Gasteiger partial charge in [-0.1, -0.05) is 68.2 Å². The van der Waals surface area contributed by atoms with Crippen molar-refractivity contribution in [3.8, 4) is 29.1 Å². The smallest absolute Gasteiger partial charge is 0.335 e. The van der Waals surface area contributed by atoms with Crippen molar-refractivity contribution in [3.63, 3.8) is 0 Å². The Labute approximate surface area is 556 Å². The Kier molecular flexibility index (Phi) is 21.1. The SMILES string of the molecule is COc1cccc2c1C(=O)c1c(O)c3c(c(O)c1C2=O)C[C@@](O)(C(=O)NCCNC(=O)C(COC1OC(C(=O)O)C(O)C(O)C1O)NC(=O)C(NC(=O)CCCC(C=O)N1Cc2ccccc2C#Cc2ccccc21)C(C)C)C[C@@H]3O[C@@H]1C[C@H]2[C@H](O[C@@H]3[C@@H](OC)OCCN32)[C@H](C)O1. The average molecular weight is 1350 g/mol. The highest BCUT2D eigenvalue weighted by atomic mass is 16.7. The van der Waals surface area contributed by atoms with Crippen LogP contribution in [0.1, 0.15) is 119 Å². The predicted octanol–water partition coefficient (Wildman–Crippen LogP) is 0.0745. The van der Waals surface area contributed by atoms with Crippen molar-refractivity contribution < 1.29 is 112 Å². The zero-order valence-electron chi connectivity index (χ0n) is 53.7. The molecule has 5 heterocycles. The van der Waals surface area contributed by atoms with Crippen LogP contribution in [0.2, 0.25) is 0 Å². The number of ether oxygens (including phenoxy) is 8. The Hall–Kier alpha value is -8.48. The number of hydrogen-bond donors (Lipinski definition) is 11. The number of carboxylic acid groups (broad SMARTS) is 1. The zero-order valence-corrected chi connectivity index (χ0v) is 53.7. The molecular formula is C68H78N6O23. The fourth-order valence-electron chi connectivity index (χ4n) is 13.8. The third-order valence-corrected chi connectivity index (χ3v) is 18.8. The highest BCUT2D eigenvalue weighted by Crippen LogP contribution is 2.53. The van der Waals surface area contributed by atoms with Gasteiger partial charge >= 0.3 is 5.97 Å². The second-order valence-corrected chi connectivity index (χ2v) is 25.3. The van der Waals surface area contributed by atoms with Crippen molar-refractivity contribution in [3.05, 3.63) is 117 Å². The fraction of sp³-hybridized carbons (Fsp3) is 0.500. The first kappa shape index (κ1) is 69.9. The van der Waals surface area contributed by atoms with Crippen molar-refractivity contribution in [2.45, 2.75) is 163 Å². The highest BCUT2D eigenvalue weighted by Gasteiger charge is 2.56. The van der Waals surface area contributed by atoms with Gasteiger partial charge in [0, 0.05) is 92.8 Å². The molecule has 0 bridgehead atoms. The molecule has 29 heteroatoms. The van der Waals surface area contributed by atoms with Gasteiger partial charge in [-0.05, 0) is 55.5 Å². The molecule has 97 heavy (non-hydrogen) atoms. The molecule has 5 aliphatic heterocycles. The van der Waals surface area contributed by atoms with Gasteiger partial charge in [0.2, 0.25) is 23.5 Å². The Balaban J connectivity index is 0.786. The summed E-state index contributed by atoms with van der Waals surface area (Å²) in [5.41, 5.74) is -1.32. The summed E-state index contributed by atoms with van der Waals surface area (Å²) in [7, 11) is 2.79. The molecule has 0 aromatic heterocycles. The Bertz CT molecular complexity index is 3780. The number of para-hydroxylation sites is 1. The Morgan fingerprint density at radius 1 is 0.825 bits per heavy atom. The number of aromatic hydroxyl groups is 2. The number of nitrogens with zero attached hydrogens (tertiary/aromatic N) is 2. The lowest BCUT2D eigenvalue weighted by atomic mass is 9.72. The first-order valence-corrected chi connectivity index (χ1v) is 32.0. The summed E-state index contributed by atoms with van der Waals surface area (Å²) in [6.45, 7) is 4.35. The number of morpholine rings is 1. The minimum absolute atomic E-state index is 0.0219. The molecule has 0 spiro atoms. The molecule has 29 nitrogen and oxygen atoms in total. The number of nitrogens with one attached hydrogen (secondary N) is 4. The van der Waals surface area contributed by atoms with Gasteiger partial charge in [-0.3, -0.25) is 33.7 Å². The topological polar surface area (TPSA) is 407 Å². The van der Waals surface area contributed by atoms with Gasteiger partial charge in [0.05, 0.1) is 61.0 Å². The van der Waals surface area contributed by atoms with Crippen LogP contribution in [-0.4, -0.2) is 227 Å². The second-order valence-electron chi connectivity index (χ2n) is 25.3. The van der Waals surface area contributed by atoms with Crippen molar-refractivity contribution in [1.82, 2.24) is 26.2 Å². The lowest BCUT2D eigenvalue weighted by Gasteiger charge is -2.43. The summed E-state index contributed by atoms with van der Waals surface area (Å²) < 4.78 is 47.0. The number of phenols is 2. The van der Waals surface area contributed by atoms with E-state index in [1.54, 1.807) is 20.8 Å². The van der Waals surface area contributed by atoms with E-state index in [9.17, 15) is 74.1 Å². The number of carbonyl (C=O) groups excluding carboxylic acids is 7. The monoisotopic (exact) mass is 1350 g/mol. The van der Waals surface area contributed by atoms with Crippen molar-refractivity contribution in [2.24, 2.45) is 5.92 Å². The van der Waals surface area contributed by atoms with Gasteiger partial charge < -0.3 is 105 Å². The zero-order chi connectivity index (χ0) is 69.3. The summed E-state index contributed by atoms with van der Waals surface area (Å²) in [6, 6.07) is 15.2. The molecule has 4 amide bonds. The summed E-state index contributed by atoms with van der Waals surface area (Å²) in [5, 5.41) is 88.8. The largest absolute Gasteiger partial charge is 0.507 e. The Morgan fingerprint density at radius 2 is 1.55 bits per heavy atom. The van der Waals surface area contributed by atoms with Gasteiger partial charge in [-0.15, -0.1) is 0 Å². The molecule has 7 aliphatic rings. The van der Waals surface area contributed by atoms with E-state index in [-0.39, 0.29) is 59.7 Å². The molecular weight excluding hydrogens is 1270 g/mol. The number of hydrogen-bond acceptors (Lipinski definition) is 24. The number of rotatable bonds is 23. The number of fused-ring (bicyclic) bond motifs is 8. The maximum Gasteiger partial charge on any atom is 0.335 e. The molecule has 4 aromatic rings. The molecule has 518 valence electrons. The number of amides is 4. The molecule has 16 atom stereocenters. The van der Waals surface area contributed by atoms with E-state index < -0.39 is 194 Å². The van der Waals surface area contributed by atoms with Gasteiger partial charge in [0.15, 0.2) is 37.0 Å². The average Bonchev–Trinajstić information content (AvgIpc) is 1.26. The number of anilines is 1. The van der Waals surface area contributed by atoms with E-state index in [0.29, 0.717) is 19.7 Å². The predicted molar refractivity (Wildman–Crippen MR) is 335 cm³/mol. The minimum atomic E-state index is -2.53. The highest BCUT2D eigenvalue weighted by molar-refractivity contribution is 6.31. The standard InChI is InChI=1S/C68H78N6O23/c1-32(2)51(72-45(76)19-10-15-37(30-75)74-29-36-14-7-6-12-34(36)20-21-35-13-8-9-17-41(35)74)62(85)71-40(31-93-65-58(83)56(81)57(82)60(97-65)64(86)87)61(84)69-22-23-70-67(88)68(89)27-39-48(55(80)50-49(53(39)78)52(77)38-16-11-18-43(90-4)47(38)54(50)79)44(28-68)95-46-26-42-59(33(3)94-46)96-63-66(91-5)92-25-24-73(42)63/h6-9,11-14,16-18,30,32-33,37,40,42,44,46,51,56-60,63,65-66,78,80-83,89H,10,15,19,22-29,31H2,1-5H3,(H,69,84)(H,70,88)(H,71,85)(H,72,76)(H,86,87)/t33-,37?,40?,42-,44-,46+,51?,56?,57?,58?,59+,60?,63+,65?,66-,68-/m0/s1. The number of ketones is 2. The second kappa shape index (κ2) is 29.3. The van der Waals surface area contributed by atoms with E-state index in [2.05, 4.69) is 38.0 Å². The van der Waals surface area contributed by atoms with Crippen LogP contribution in [0.25, 0.3) is 0 Å². The van der Waals surface area contributed by atoms with Crippen LogP contribution >= 0.6 is 0 Å². The van der Waals surface area contributed by atoms with Crippen LogP contribution in [0, 0.1) is 17.8 Å². The van der Waals surface area contributed by atoms with Crippen LogP contribution in [0.3, 0.4) is 0 Å². The minimum Gasteiger partial charge on any atom is -0.507 e. The lowest BCUT2D eigenvalue weighted by Crippen LogP contribution is -2.61. The van der Waals surface area contributed by atoms with Crippen LogP contribution in [0.5, 0.6) is 17.2 Å². The number of aliphatic hydroxyl groups is 4. The van der Waals surface area contributed by atoms with E-state index in [1.807, 2.05) is 53.4 Å². The van der Waals surface area contributed by atoms with Crippen LogP contribution in [-0.2, 0) is 74.9 Å². The number of carboxylic acids is 1. The van der Waals surface area contributed by atoms with Crippen molar-refractivity contribution in [1.29, 1.82) is 0 Å². The number of phenolic OH excluding ortho intramolecular Hbond substituents is 2. The normalized spacial score (nSPS) is 28.0. The first-order valence-electron chi connectivity index (χ1n) is 32.0. The van der Waals surface area contributed by atoms with Crippen molar-refractivity contribution in [2.75, 3.05) is 52.0 Å². The number of carbonyl (C=O) groups is 8. The maximum atomic E-state index is 14.6. The van der Waals surface area contributed by atoms with Gasteiger partial charge in [-0.2, -0.15) is 0 Å². The maximum absolute atomic E-state index is 14.6. The molecule has 11 rings (SSSR count). The molecule has 4 saturated heterocycles. The molecule has 4 aromatic carbocycles. The van der Waals surface area contributed by atoms with Crippen LogP contribution < -0.4 is 30.9 Å². The molecule has 8 unspecified atom stereocenters. The third kappa shape index (κ3) is 13.9. The van der Waals surface area contributed by atoms with E-state index in [4.69, 9.17) is 37.9 Å². The molecule has 0 saturated carbocycles. The number of aldehydes is 1. The lowest BCUT2D eigenvalue weighted by molar-refractivity contribution is -0.294. The van der Waals surface area contributed by atoms with Gasteiger partial charge in [-0.25, -0.2) is 4.79 Å². The van der Waals surface area contributed by atoms with Crippen molar-refractivity contribution >= 4 is 53.1 Å².